The highest BCUT2D eigenvalue weighted by atomic mass is 19.1. The largest absolute Gasteiger partial charge is 0.355 e. The topological polar surface area (TPSA) is 41.1 Å². The molecular weight excluding hydrogens is 226 g/mol. The summed E-state index contributed by atoms with van der Waals surface area (Å²) in [5, 5.41) is 5.47. The Morgan fingerprint density at radius 3 is 2.76 bits per heavy atom. The van der Waals surface area contributed by atoms with Crippen LogP contribution in [0.5, 0.6) is 0 Å². The summed E-state index contributed by atoms with van der Waals surface area (Å²) < 4.78 is 26.1. The molecule has 0 spiro atoms. The highest BCUT2D eigenvalue weighted by Crippen LogP contribution is 2.09. The first-order valence-corrected chi connectivity index (χ1v) is 5.49. The molecule has 17 heavy (non-hydrogen) atoms. The zero-order valence-corrected chi connectivity index (χ0v) is 9.89. The average molecular weight is 242 g/mol. The van der Waals surface area contributed by atoms with Gasteiger partial charge >= 0.3 is 0 Å². The van der Waals surface area contributed by atoms with Gasteiger partial charge in [-0.05, 0) is 32.0 Å². The number of nitrogens with one attached hydrogen (secondary N) is 2. The molecule has 3 nitrogen and oxygen atoms in total. The fraction of sp³-hybridized carbons (Fsp3) is 0.417. The van der Waals surface area contributed by atoms with Gasteiger partial charge in [-0.2, -0.15) is 0 Å². The second-order valence-corrected chi connectivity index (χ2v) is 3.73. The lowest BCUT2D eigenvalue weighted by atomic mass is 10.2. The Morgan fingerprint density at radius 1 is 1.41 bits per heavy atom. The van der Waals surface area contributed by atoms with E-state index in [1.165, 1.54) is 0 Å². The monoisotopic (exact) mass is 242 g/mol. The van der Waals surface area contributed by atoms with E-state index in [9.17, 15) is 13.6 Å². The molecule has 0 aliphatic rings. The van der Waals surface area contributed by atoms with Crippen LogP contribution in [0.15, 0.2) is 18.2 Å². The standard InChI is InChI=1S/C12H16F2N2O/c1-3-15-12(17)8(2)16-7-9-6-10(13)4-5-11(9)14/h4-6,8,16H,3,7H2,1-2H3,(H,15,17). The molecule has 1 aromatic rings. The van der Waals surface area contributed by atoms with Crippen molar-refractivity contribution >= 4 is 5.91 Å². The Balaban J connectivity index is 2.55. The minimum Gasteiger partial charge on any atom is -0.355 e. The zero-order chi connectivity index (χ0) is 12.8. The number of carbonyl (C=O) groups is 1. The van der Waals surface area contributed by atoms with Crippen LogP contribution in [0.25, 0.3) is 0 Å². The lowest BCUT2D eigenvalue weighted by Crippen LogP contribution is -2.41. The van der Waals surface area contributed by atoms with Gasteiger partial charge in [0, 0.05) is 18.7 Å². The highest BCUT2D eigenvalue weighted by molar-refractivity contribution is 5.81. The van der Waals surface area contributed by atoms with Gasteiger partial charge in [-0.25, -0.2) is 8.78 Å². The van der Waals surface area contributed by atoms with Crippen molar-refractivity contribution in [1.82, 2.24) is 10.6 Å². The molecule has 0 saturated carbocycles. The molecule has 2 N–H and O–H groups in total. The molecule has 0 radical (unpaired) electrons. The summed E-state index contributed by atoms with van der Waals surface area (Å²) in [5.74, 6) is -1.14. The van der Waals surface area contributed by atoms with Crippen molar-refractivity contribution in [3.63, 3.8) is 0 Å². The van der Waals surface area contributed by atoms with Crippen molar-refractivity contribution in [2.45, 2.75) is 26.4 Å². The Kier molecular flexibility index (Phi) is 5.03. The number of halogens is 2. The van der Waals surface area contributed by atoms with Gasteiger partial charge in [-0.15, -0.1) is 0 Å². The van der Waals surface area contributed by atoms with Crippen LogP contribution in [0.2, 0.25) is 0 Å². The average Bonchev–Trinajstić information content (AvgIpc) is 2.30. The lowest BCUT2D eigenvalue weighted by Gasteiger charge is -2.13. The van der Waals surface area contributed by atoms with Crippen LogP contribution in [0.3, 0.4) is 0 Å². The third-order valence-corrected chi connectivity index (χ3v) is 2.35. The van der Waals surface area contributed by atoms with E-state index in [0.717, 1.165) is 18.2 Å². The van der Waals surface area contributed by atoms with Crippen molar-refractivity contribution in [3.05, 3.63) is 35.4 Å². The number of rotatable bonds is 5. The van der Waals surface area contributed by atoms with Crippen LogP contribution >= 0.6 is 0 Å². The molecule has 0 aliphatic heterocycles. The smallest absolute Gasteiger partial charge is 0.236 e. The van der Waals surface area contributed by atoms with Gasteiger partial charge in [0.05, 0.1) is 6.04 Å². The van der Waals surface area contributed by atoms with Crippen molar-refractivity contribution in [1.29, 1.82) is 0 Å². The molecule has 0 fully saturated rings. The molecule has 0 aromatic heterocycles. The third kappa shape index (κ3) is 4.11. The van der Waals surface area contributed by atoms with Crippen LogP contribution in [-0.4, -0.2) is 18.5 Å². The fourth-order valence-electron chi connectivity index (χ4n) is 1.36. The highest BCUT2D eigenvalue weighted by Gasteiger charge is 2.12. The molecule has 5 heteroatoms. The van der Waals surface area contributed by atoms with Crippen LogP contribution in [0, 0.1) is 11.6 Å². The Morgan fingerprint density at radius 2 is 2.12 bits per heavy atom. The second kappa shape index (κ2) is 6.30. The van der Waals surface area contributed by atoms with E-state index in [0.29, 0.717) is 6.54 Å². The van der Waals surface area contributed by atoms with Gasteiger partial charge in [0.1, 0.15) is 11.6 Å². The van der Waals surface area contributed by atoms with Crippen molar-refractivity contribution in [2.24, 2.45) is 0 Å². The Labute approximate surface area is 99.2 Å². The maximum atomic E-state index is 13.3. The molecule has 0 heterocycles. The summed E-state index contributed by atoms with van der Waals surface area (Å²) in [5.41, 5.74) is 0.209. The zero-order valence-electron chi connectivity index (χ0n) is 9.89. The number of carbonyl (C=O) groups excluding carboxylic acids is 1. The summed E-state index contributed by atoms with van der Waals surface area (Å²) in [6, 6.07) is 2.81. The molecule has 0 bridgehead atoms. The molecular formula is C12H16F2N2O. The Hall–Kier alpha value is -1.49. The fourth-order valence-corrected chi connectivity index (χ4v) is 1.36. The first kappa shape index (κ1) is 13.6. The lowest BCUT2D eigenvalue weighted by molar-refractivity contribution is -0.122. The van der Waals surface area contributed by atoms with Gasteiger partial charge < -0.3 is 10.6 Å². The number of amides is 1. The van der Waals surface area contributed by atoms with Gasteiger partial charge in [-0.1, -0.05) is 0 Å². The van der Waals surface area contributed by atoms with Gasteiger partial charge in [0.25, 0.3) is 0 Å². The van der Waals surface area contributed by atoms with E-state index in [-0.39, 0.29) is 18.0 Å². The maximum absolute atomic E-state index is 13.3. The van der Waals surface area contributed by atoms with E-state index >= 15 is 0 Å². The molecule has 1 amide bonds. The molecule has 1 rings (SSSR count). The quantitative estimate of drug-likeness (QED) is 0.823. The normalized spacial score (nSPS) is 12.2. The van der Waals surface area contributed by atoms with Gasteiger partial charge in [0.2, 0.25) is 5.91 Å². The SMILES string of the molecule is CCNC(=O)C(C)NCc1cc(F)ccc1F. The molecule has 0 saturated heterocycles. The van der Waals surface area contributed by atoms with Crippen molar-refractivity contribution in [2.75, 3.05) is 6.54 Å². The summed E-state index contributed by atoms with van der Waals surface area (Å²) >= 11 is 0. The molecule has 94 valence electrons. The minimum atomic E-state index is -0.492. The summed E-state index contributed by atoms with van der Waals surface area (Å²) in [6.45, 7) is 4.14. The second-order valence-electron chi connectivity index (χ2n) is 3.73. The Bertz CT molecular complexity index is 396. The number of likely N-dealkylation sites (N-methyl/N-ethyl adjacent to an activating group) is 1. The van der Waals surface area contributed by atoms with Crippen LogP contribution < -0.4 is 10.6 Å². The summed E-state index contributed by atoms with van der Waals surface area (Å²) in [7, 11) is 0. The molecule has 1 unspecified atom stereocenters. The first-order chi connectivity index (χ1) is 8.04. The number of hydrogen-bond acceptors (Lipinski definition) is 2. The number of benzene rings is 1. The summed E-state index contributed by atoms with van der Waals surface area (Å²) in [6.07, 6.45) is 0. The van der Waals surface area contributed by atoms with Gasteiger partial charge in [-0.3, -0.25) is 4.79 Å². The van der Waals surface area contributed by atoms with Crippen molar-refractivity contribution in [3.8, 4) is 0 Å². The summed E-state index contributed by atoms with van der Waals surface area (Å²) in [4.78, 5) is 11.4. The third-order valence-electron chi connectivity index (χ3n) is 2.35. The van der Waals surface area contributed by atoms with E-state index in [2.05, 4.69) is 10.6 Å². The van der Waals surface area contributed by atoms with Gasteiger partial charge in [0.15, 0.2) is 0 Å². The van der Waals surface area contributed by atoms with E-state index in [4.69, 9.17) is 0 Å². The van der Waals surface area contributed by atoms with E-state index in [1.807, 2.05) is 6.92 Å². The van der Waals surface area contributed by atoms with E-state index < -0.39 is 17.7 Å². The predicted molar refractivity (Wildman–Crippen MR) is 61.3 cm³/mol. The van der Waals surface area contributed by atoms with E-state index in [1.54, 1.807) is 6.92 Å². The first-order valence-electron chi connectivity index (χ1n) is 5.49. The molecule has 1 atom stereocenters. The van der Waals surface area contributed by atoms with Crippen LogP contribution in [-0.2, 0) is 11.3 Å². The minimum absolute atomic E-state index is 0.113. The van der Waals surface area contributed by atoms with Crippen LogP contribution in [0.1, 0.15) is 19.4 Å². The maximum Gasteiger partial charge on any atom is 0.236 e. The molecule has 0 aliphatic carbocycles. The van der Waals surface area contributed by atoms with Crippen molar-refractivity contribution < 1.29 is 13.6 Å². The van der Waals surface area contributed by atoms with Crippen LogP contribution in [0.4, 0.5) is 8.78 Å². The number of hydrogen-bond donors (Lipinski definition) is 2. The predicted octanol–water partition coefficient (Wildman–Crippen LogP) is 1.58. The molecule has 1 aromatic carbocycles.